The van der Waals surface area contributed by atoms with Gasteiger partial charge in [-0.1, -0.05) is 29.8 Å². The second kappa shape index (κ2) is 5.79. The molecule has 5 atom stereocenters. The lowest BCUT2D eigenvalue weighted by Gasteiger charge is -2.57. The molecule has 0 radical (unpaired) electrons. The quantitative estimate of drug-likeness (QED) is 0.550. The number of para-hydroxylation sites is 1. The van der Waals surface area contributed by atoms with E-state index in [1.54, 1.807) is 45.0 Å². The van der Waals surface area contributed by atoms with Crippen LogP contribution in [-0.2, 0) is 18.7 Å². The largest absolute Gasteiger partial charge is 0.328 e. The van der Waals surface area contributed by atoms with Gasteiger partial charge in [-0.25, -0.2) is 4.90 Å². The van der Waals surface area contributed by atoms with Gasteiger partial charge in [-0.15, -0.1) is 0 Å². The van der Waals surface area contributed by atoms with Crippen LogP contribution in [-0.4, -0.2) is 30.2 Å². The van der Waals surface area contributed by atoms with E-state index in [0.717, 1.165) is 5.57 Å². The number of fused-ring (bicyclic) bond motifs is 1. The number of carbonyl (C=O) groups is 2. The van der Waals surface area contributed by atoms with E-state index in [1.165, 1.54) is 4.90 Å². The standard InChI is InChI=1S/C20H23ClNO4P/c1-5-26-27(25)11-14-15(21)12(2)16(27)20(4)18(24)22(17(23)19(14,20)3)13-9-7-6-8-10-13/h6-10,14,16H,5,11H2,1-4H3. The average molecular weight is 408 g/mol. The maximum Gasteiger partial charge on any atom is 0.241 e. The van der Waals surface area contributed by atoms with E-state index in [-0.39, 0.29) is 18.0 Å². The van der Waals surface area contributed by atoms with Crippen molar-refractivity contribution in [3.8, 4) is 0 Å². The van der Waals surface area contributed by atoms with Crippen molar-refractivity contribution < 1.29 is 18.7 Å². The van der Waals surface area contributed by atoms with Crippen LogP contribution in [0.4, 0.5) is 5.69 Å². The Morgan fingerprint density at radius 1 is 1.19 bits per heavy atom. The lowest BCUT2D eigenvalue weighted by molar-refractivity contribution is -0.137. The normalized spacial score (nSPS) is 40.7. The molecule has 3 aliphatic heterocycles. The first-order valence-corrected chi connectivity index (χ1v) is 11.4. The molecule has 3 heterocycles. The van der Waals surface area contributed by atoms with Crippen molar-refractivity contribution in [2.24, 2.45) is 16.7 Å². The van der Waals surface area contributed by atoms with Crippen LogP contribution in [0.3, 0.4) is 0 Å². The van der Waals surface area contributed by atoms with Crippen LogP contribution in [0.15, 0.2) is 40.9 Å². The summed E-state index contributed by atoms with van der Waals surface area (Å²) < 4.78 is 19.5. The summed E-state index contributed by atoms with van der Waals surface area (Å²) in [6.45, 7) is 7.48. The summed E-state index contributed by atoms with van der Waals surface area (Å²) in [6, 6.07) is 8.90. The number of nitrogens with zero attached hydrogens (tertiary/aromatic N) is 1. The van der Waals surface area contributed by atoms with Crippen molar-refractivity contribution in [2.75, 3.05) is 17.7 Å². The Hall–Kier alpha value is -1.42. The van der Waals surface area contributed by atoms with Gasteiger partial charge in [0.1, 0.15) is 0 Å². The number of allylic oxidation sites excluding steroid dienone is 2. The molecule has 27 heavy (non-hydrogen) atoms. The fourth-order valence-electron chi connectivity index (χ4n) is 5.47. The van der Waals surface area contributed by atoms with Crippen LogP contribution >= 0.6 is 19.0 Å². The summed E-state index contributed by atoms with van der Waals surface area (Å²) in [5.74, 6) is -1.08. The fraction of sp³-hybridized carbons (Fsp3) is 0.500. The molecule has 7 heteroatoms. The van der Waals surface area contributed by atoms with E-state index in [9.17, 15) is 14.2 Å². The molecule has 0 spiro atoms. The minimum absolute atomic E-state index is 0.204. The molecule has 5 rings (SSSR count). The van der Waals surface area contributed by atoms with Gasteiger partial charge in [-0.05, 0) is 45.4 Å². The second-order valence-electron chi connectivity index (χ2n) is 8.00. The molecule has 1 aromatic carbocycles. The Kier molecular flexibility index (Phi) is 4.06. The van der Waals surface area contributed by atoms with Crippen molar-refractivity contribution in [3.63, 3.8) is 0 Å². The smallest absolute Gasteiger partial charge is 0.241 e. The first kappa shape index (κ1) is 18.9. The van der Waals surface area contributed by atoms with E-state index in [4.69, 9.17) is 16.1 Å². The number of amides is 2. The van der Waals surface area contributed by atoms with Crippen LogP contribution in [0.2, 0.25) is 0 Å². The number of carbonyl (C=O) groups excluding carboxylic acids is 2. The number of hydrogen-bond acceptors (Lipinski definition) is 4. The molecular weight excluding hydrogens is 385 g/mol. The summed E-state index contributed by atoms with van der Waals surface area (Å²) in [6.07, 6.45) is 0.204. The van der Waals surface area contributed by atoms with E-state index >= 15 is 0 Å². The van der Waals surface area contributed by atoms with Crippen LogP contribution < -0.4 is 4.90 Å². The van der Waals surface area contributed by atoms with E-state index < -0.39 is 29.8 Å². The van der Waals surface area contributed by atoms with E-state index in [1.807, 2.05) is 13.0 Å². The summed E-state index contributed by atoms with van der Waals surface area (Å²) in [5.41, 5.74) is -1.63. The van der Waals surface area contributed by atoms with Crippen molar-refractivity contribution in [3.05, 3.63) is 40.9 Å². The molecule has 2 fully saturated rings. The molecule has 5 unspecified atom stereocenters. The monoisotopic (exact) mass is 407 g/mol. The van der Waals surface area contributed by atoms with Gasteiger partial charge >= 0.3 is 0 Å². The zero-order valence-electron chi connectivity index (χ0n) is 15.9. The molecule has 4 aliphatic rings. The van der Waals surface area contributed by atoms with Gasteiger partial charge < -0.3 is 4.52 Å². The van der Waals surface area contributed by atoms with Crippen LogP contribution in [0.1, 0.15) is 27.7 Å². The second-order valence-corrected chi connectivity index (χ2v) is 11.0. The third-order valence-electron chi connectivity index (χ3n) is 6.90. The highest BCUT2D eigenvalue weighted by molar-refractivity contribution is 7.60. The van der Waals surface area contributed by atoms with Gasteiger partial charge in [-0.2, -0.15) is 0 Å². The molecule has 1 aromatic rings. The predicted molar refractivity (Wildman–Crippen MR) is 105 cm³/mol. The van der Waals surface area contributed by atoms with Crippen molar-refractivity contribution >= 4 is 36.5 Å². The van der Waals surface area contributed by atoms with Crippen molar-refractivity contribution in [2.45, 2.75) is 33.4 Å². The SMILES string of the molecule is CCOP1(=O)CC2C(Cl)=C(C)C1C1(C)C(=O)N(c3ccccc3)C(=O)C21C. The van der Waals surface area contributed by atoms with E-state index in [2.05, 4.69) is 0 Å². The maximum absolute atomic E-state index is 13.8. The molecular formula is C20H23ClNO4P. The number of imide groups is 1. The molecule has 1 aliphatic carbocycles. The van der Waals surface area contributed by atoms with Crippen LogP contribution in [0.25, 0.3) is 0 Å². The topological polar surface area (TPSA) is 63.7 Å². The zero-order chi connectivity index (χ0) is 19.8. The molecule has 2 amide bonds. The molecule has 2 bridgehead atoms. The summed E-state index contributed by atoms with van der Waals surface area (Å²) in [5, 5.41) is 0.558. The van der Waals surface area contributed by atoms with Gasteiger partial charge in [0.2, 0.25) is 19.2 Å². The van der Waals surface area contributed by atoms with Crippen molar-refractivity contribution in [1.29, 1.82) is 0 Å². The third-order valence-corrected chi connectivity index (χ3v) is 10.7. The molecule has 144 valence electrons. The van der Waals surface area contributed by atoms with Gasteiger partial charge in [-0.3, -0.25) is 14.2 Å². The van der Waals surface area contributed by atoms with Crippen molar-refractivity contribution in [1.82, 2.24) is 0 Å². The Balaban J connectivity index is 1.96. The molecule has 5 nitrogen and oxygen atoms in total. The lowest BCUT2D eigenvalue weighted by Crippen LogP contribution is -2.61. The Morgan fingerprint density at radius 3 is 2.37 bits per heavy atom. The highest BCUT2D eigenvalue weighted by Crippen LogP contribution is 2.78. The minimum Gasteiger partial charge on any atom is -0.328 e. The van der Waals surface area contributed by atoms with Gasteiger partial charge in [0.15, 0.2) is 0 Å². The van der Waals surface area contributed by atoms with Gasteiger partial charge in [0, 0.05) is 17.1 Å². The number of benzene rings is 1. The number of hydrogen-bond donors (Lipinski definition) is 0. The zero-order valence-corrected chi connectivity index (χ0v) is 17.5. The molecule has 2 saturated heterocycles. The summed E-state index contributed by atoms with van der Waals surface area (Å²) in [7, 11) is -3.17. The molecule has 0 aromatic heterocycles. The molecule has 0 N–H and O–H groups in total. The Bertz CT molecular complexity index is 929. The van der Waals surface area contributed by atoms with Gasteiger partial charge in [0.25, 0.3) is 0 Å². The van der Waals surface area contributed by atoms with Gasteiger partial charge in [0.05, 0.1) is 28.8 Å². The fourth-order valence-corrected chi connectivity index (χ4v) is 9.92. The first-order chi connectivity index (χ1) is 12.6. The highest BCUT2D eigenvalue weighted by atomic mass is 35.5. The predicted octanol–water partition coefficient (Wildman–Crippen LogP) is 4.41. The summed E-state index contributed by atoms with van der Waals surface area (Å²) >= 11 is 6.64. The number of rotatable bonds is 3. The average Bonchev–Trinajstić information content (AvgIpc) is 2.79. The van der Waals surface area contributed by atoms with Crippen LogP contribution in [0, 0.1) is 16.7 Å². The first-order valence-electron chi connectivity index (χ1n) is 9.18. The highest BCUT2D eigenvalue weighted by Gasteiger charge is 2.79. The lowest BCUT2D eigenvalue weighted by atomic mass is 9.54. The number of anilines is 1. The Morgan fingerprint density at radius 2 is 1.78 bits per heavy atom. The minimum atomic E-state index is -3.17. The Labute approximate surface area is 164 Å². The maximum atomic E-state index is 13.8. The van der Waals surface area contributed by atoms with Crippen LogP contribution in [0.5, 0.6) is 0 Å². The van der Waals surface area contributed by atoms with E-state index in [0.29, 0.717) is 17.3 Å². The summed E-state index contributed by atoms with van der Waals surface area (Å²) in [4.78, 5) is 28.5. The third kappa shape index (κ3) is 2.03. The molecule has 0 saturated carbocycles. The number of halogens is 1.